The fraction of sp³-hybridized carbons (Fsp3) is 0.214. The van der Waals surface area contributed by atoms with E-state index in [1.165, 1.54) is 0 Å². The van der Waals surface area contributed by atoms with Crippen LogP contribution in [0.5, 0.6) is 0 Å². The van der Waals surface area contributed by atoms with Crippen LogP contribution in [0.4, 0.5) is 0 Å². The van der Waals surface area contributed by atoms with Crippen molar-refractivity contribution in [2.24, 2.45) is 0 Å². The summed E-state index contributed by atoms with van der Waals surface area (Å²) in [6.07, 6.45) is 3.58. The smallest absolute Gasteiger partial charge is 0.335 e. The van der Waals surface area contributed by atoms with Gasteiger partial charge in [-0.2, -0.15) is 0 Å². The summed E-state index contributed by atoms with van der Waals surface area (Å²) in [7, 11) is 0. The fourth-order valence-electron chi connectivity index (χ4n) is 5.02. The molecule has 0 bridgehead atoms. The van der Waals surface area contributed by atoms with Gasteiger partial charge >= 0.3 is 5.97 Å². The van der Waals surface area contributed by atoms with Crippen molar-refractivity contribution >= 4 is 23.3 Å². The van der Waals surface area contributed by atoms with Crippen molar-refractivity contribution in [3.05, 3.63) is 113 Å². The first-order valence-electron chi connectivity index (χ1n) is 11.8. The Morgan fingerprint density at radius 2 is 1.78 bits per heavy atom. The minimum absolute atomic E-state index is 0.127. The molecule has 2 N–H and O–H groups in total. The lowest BCUT2D eigenvalue weighted by Crippen LogP contribution is -2.29. The zero-order valence-corrected chi connectivity index (χ0v) is 21.2. The van der Waals surface area contributed by atoms with Crippen molar-refractivity contribution in [3.63, 3.8) is 0 Å². The van der Waals surface area contributed by atoms with Gasteiger partial charge < -0.3 is 19.9 Å². The summed E-state index contributed by atoms with van der Waals surface area (Å²) in [5.41, 5.74) is 7.10. The van der Waals surface area contributed by atoms with E-state index in [4.69, 9.17) is 12.2 Å². The molecule has 36 heavy (non-hydrogen) atoms. The molecule has 1 aromatic carbocycles. The minimum Gasteiger partial charge on any atom is -0.478 e. The molecular formula is C28H27N5O2S. The first-order valence-corrected chi connectivity index (χ1v) is 12.2. The van der Waals surface area contributed by atoms with Crippen LogP contribution in [0.25, 0.3) is 5.69 Å². The Kier molecular flexibility index (Phi) is 6.28. The largest absolute Gasteiger partial charge is 0.478 e. The number of hydrogen-bond donors (Lipinski definition) is 2. The number of nitrogens with zero attached hydrogens (tertiary/aromatic N) is 4. The van der Waals surface area contributed by atoms with Gasteiger partial charge in [0, 0.05) is 29.5 Å². The van der Waals surface area contributed by atoms with Gasteiger partial charge in [0.15, 0.2) is 5.11 Å². The highest BCUT2D eigenvalue weighted by Crippen LogP contribution is 2.42. The van der Waals surface area contributed by atoms with Gasteiger partial charge in [0.25, 0.3) is 0 Å². The van der Waals surface area contributed by atoms with E-state index in [0.717, 1.165) is 39.6 Å². The number of carboxylic acids is 1. The third-order valence-corrected chi connectivity index (χ3v) is 7.09. The molecule has 7 nitrogen and oxygen atoms in total. The van der Waals surface area contributed by atoms with Gasteiger partial charge in [-0.15, -0.1) is 0 Å². The monoisotopic (exact) mass is 497 g/mol. The number of nitrogens with one attached hydrogen (secondary N) is 1. The molecule has 3 aromatic heterocycles. The number of rotatable bonds is 6. The van der Waals surface area contributed by atoms with Crippen LogP contribution in [-0.4, -0.2) is 35.6 Å². The number of carboxylic acid groups (broad SMARTS) is 1. The number of hydrogen-bond acceptors (Lipinski definition) is 4. The zero-order chi connectivity index (χ0) is 25.4. The van der Waals surface area contributed by atoms with Crippen molar-refractivity contribution in [2.45, 2.75) is 39.4 Å². The van der Waals surface area contributed by atoms with Crippen LogP contribution in [0, 0.1) is 20.8 Å². The molecule has 8 heteroatoms. The Morgan fingerprint density at radius 3 is 2.44 bits per heavy atom. The highest BCUT2D eigenvalue weighted by atomic mass is 32.1. The third-order valence-electron chi connectivity index (χ3n) is 6.74. The summed E-state index contributed by atoms with van der Waals surface area (Å²) in [6, 6.07) is 18.9. The molecule has 2 atom stereocenters. The van der Waals surface area contributed by atoms with E-state index < -0.39 is 5.97 Å². The van der Waals surface area contributed by atoms with Gasteiger partial charge in [0.05, 0.1) is 35.6 Å². The molecule has 182 valence electrons. The van der Waals surface area contributed by atoms with Crippen molar-refractivity contribution < 1.29 is 9.90 Å². The summed E-state index contributed by atoms with van der Waals surface area (Å²) in [5, 5.41) is 13.7. The maximum absolute atomic E-state index is 11.7. The highest BCUT2D eigenvalue weighted by molar-refractivity contribution is 7.80. The van der Waals surface area contributed by atoms with Crippen LogP contribution < -0.4 is 5.32 Å². The maximum atomic E-state index is 11.7. The zero-order valence-electron chi connectivity index (χ0n) is 20.3. The van der Waals surface area contributed by atoms with E-state index in [1.807, 2.05) is 56.3 Å². The Balaban J connectivity index is 1.64. The Bertz CT molecular complexity index is 1440. The predicted octanol–water partition coefficient (Wildman–Crippen LogP) is 5.06. The Morgan fingerprint density at radius 1 is 1.03 bits per heavy atom. The number of benzene rings is 1. The average Bonchev–Trinajstić information content (AvgIpc) is 3.35. The first kappa shape index (κ1) is 23.7. The molecule has 0 unspecified atom stereocenters. The maximum Gasteiger partial charge on any atom is 0.335 e. The van der Waals surface area contributed by atoms with Gasteiger partial charge in [-0.1, -0.05) is 18.2 Å². The van der Waals surface area contributed by atoms with Crippen LogP contribution in [0.15, 0.2) is 73.1 Å². The first-order chi connectivity index (χ1) is 17.3. The molecule has 0 aliphatic carbocycles. The van der Waals surface area contributed by atoms with Gasteiger partial charge in [0.1, 0.15) is 0 Å². The standard InChI is InChI=1S/C28H27N5O2S/c1-17-10-11-20(27(34)35)15-24(17)33-18(2)14-22(19(33)3)26-25(23-9-5-7-13-30-23)31-28(36)32(26)16-21-8-4-6-12-29-21/h4-15,25-26H,16H2,1-3H3,(H,31,36)(H,34,35)/t25-,26+/m1/s1. The molecule has 1 aliphatic heterocycles. The van der Waals surface area contributed by atoms with Gasteiger partial charge in [0.2, 0.25) is 0 Å². The average molecular weight is 498 g/mol. The molecule has 0 radical (unpaired) electrons. The van der Waals surface area contributed by atoms with Crippen molar-refractivity contribution in [1.29, 1.82) is 0 Å². The molecule has 0 amide bonds. The summed E-state index contributed by atoms with van der Waals surface area (Å²) in [5.74, 6) is -0.943. The Hall–Kier alpha value is -4.04. The molecule has 1 saturated heterocycles. The van der Waals surface area contributed by atoms with E-state index in [9.17, 15) is 9.90 Å². The van der Waals surface area contributed by atoms with Crippen LogP contribution in [0.2, 0.25) is 0 Å². The van der Waals surface area contributed by atoms with Crippen LogP contribution >= 0.6 is 12.2 Å². The van der Waals surface area contributed by atoms with E-state index in [0.29, 0.717) is 11.7 Å². The number of aromatic nitrogens is 3. The summed E-state index contributed by atoms with van der Waals surface area (Å²) in [6.45, 7) is 6.67. The van der Waals surface area contributed by atoms with E-state index >= 15 is 0 Å². The molecule has 4 heterocycles. The number of aromatic carboxylic acids is 1. The SMILES string of the molecule is Cc1ccc(C(=O)O)cc1-n1c(C)cc([C@H]2[C@@H](c3ccccn3)NC(=S)N2Cc2ccccn2)c1C. The van der Waals surface area contributed by atoms with Crippen LogP contribution in [0.3, 0.4) is 0 Å². The quantitative estimate of drug-likeness (QED) is 0.360. The second-order valence-electron chi connectivity index (χ2n) is 9.04. The van der Waals surface area contributed by atoms with E-state index in [-0.39, 0.29) is 17.6 Å². The number of pyridine rings is 2. The highest BCUT2D eigenvalue weighted by Gasteiger charge is 2.41. The van der Waals surface area contributed by atoms with Gasteiger partial charge in [-0.3, -0.25) is 9.97 Å². The Labute approximate surface area is 215 Å². The van der Waals surface area contributed by atoms with Crippen molar-refractivity contribution in [2.75, 3.05) is 0 Å². The number of carbonyl (C=O) groups is 1. The molecule has 5 rings (SSSR count). The predicted molar refractivity (Wildman–Crippen MR) is 142 cm³/mol. The van der Waals surface area contributed by atoms with Crippen molar-refractivity contribution in [3.8, 4) is 5.69 Å². The van der Waals surface area contributed by atoms with Crippen LogP contribution in [-0.2, 0) is 6.54 Å². The van der Waals surface area contributed by atoms with Gasteiger partial charge in [-0.05, 0) is 86.6 Å². The van der Waals surface area contributed by atoms with E-state index in [2.05, 4.69) is 37.7 Å². The lowest BCUT2D eigenvalue weighted by atomic mass is 9.96. The lowest BCUT2D eigenvalue weighted by molar-refractivity contribution is 0.0697. The summed E-state index contributed by atoms with van der Waals surface area (Å²) >= 11 is 5.82. The van der Waals surface area contributed by atoms with Crippen molar-refractivity contribution in [1.82, 2.24) is 24.8 Å². The number of aryl methyl sites for hydroxylation is 2. The third kappa shape index (κ3) is 4.24. The molecule has 4 aromatic rings. The second kappa shape index (κ2) is 9.54. The summed E-state index contributed by atoms with van der Waals surface area (Å²) in [4.78, 5) is 23.0. The van der Waals surface area contributed by atoms with Gasteiger partial charge in [-0.25, -0.2) is 4.79 Å². The molecular weight excluding hydrogens is 470 g/mol. The molecule has 0 spiro atoms. The normalized spacial score (nSPS) is 17.3. The number of thiocarbonyl (C=S) groups is 1. The van der Waals surface area contributed by atoms with E-state index in [1.54, 1.807) is 24.5 Å². The topological polar surface area (TPSA) is 83.3 Å². The second-order valence-corrected chi connectivity index (χ2v) is 9.43. The molecule has 1 fully saturated rings. The lowest BCUT2D eigenvalue weighted by Gasteiger charge is -2.28. The minimum atomic E-state index is -0.943. The molecule has 1 aliphatic rings. The fourth-order valence-corrected chi connectivity index (χ4v) is 5.33. The summed E-state index contributed by atoms with van der Waals surface area (Å²) < 4.78 is 2.13. The van der Waals surface area contributed by atoms with Crippen LogP contribution in [0.1, 0.15) is 56.3 Å². The molecule has 0 saturated carbocycles.